The predicted octanol–water partition coefficient (Wildman–Crippen LogP) is 10.2. The number of primary amides is 1. The topological polar surface area (TPSA) is 232 Å². The fourth-order valence-electron chi connectivity index (χ4n) is 7.76. The first-order valence-corrected chi connectivity index (χ1v) is 21.8. The van der Waals surface area contributed by atoms with Crippen LogP contribution in [0.5, 0.6) is 0 Å². The molecule has 10 aromatic rings. The molecule has 0 atom stereocenters. The third-order valence-electron chi connectivity index (χ3n) is 10.9. The van der Waals surface area contributed by atoms with Crippen LogP contribution in [0.1, 0.15) is 39.0 Å². The number of nitrogens with two attached hydrogens (primary N) is 1. The molecular weight excluding hydrogens is 865 g/mol. The van der Waals surface area contributed by atoms with Gasteiger partial charge in [-0.1, -0.05) is 109 Å². The van der Waals surface area contributed by atoms with Gasteiger partial charge in [0.05, 0.1) is 42.2 Å². The van der Waals surface area contributed by atoms with Gasteiger partial charge in [-0.25, -0.2) is 4.79 Å². The molecule has 4 aromatic carbocycles. The number of ether oxygens (including phenoxy) is 1. The largest absolute Gasteiger partial charge is 0.462 e. The average Bonchev–Trinajstić information content (AvgIpc) is 3.40. The van der Waals surface area contributed by atoms with E-state index in [2.05, 4.69) is 87.4 Å². The van der Waals surface area contributed by atoms with Gasteiger partial charge in [0.1, 0.15) is 11.4 Å². The van der Waals surface area contributed by atoms with E-state index in [1.165, 1.54) is 12.4 Å². The zero-order chi connectivity index (χ0) is 46.7. The van der Waals surface area contributed by atoms with E-state index >= 15 is 0 Å². The average molecular weight is 911 g/mol. The number of carbonyl (C=O) groups excluding carboxylic acids is 2. The minimum Gasteiger partial charge on any atom is -0.462 e. The van der Waals surface area contributed by atoms with E-state index in [0.717, 1.165) is 55.2 Å². The molecule has 15 heteroatoms. The number of carbonyl (C=O) groups is 2. The molecule has 6 heterocycles. The van der Waals surface area contributed by atoms with Crippen molar-refractivity contribution in [3.05, 3.63) is 205 Å². The van der Waals surface area contributed by atoms with Gasteiger partial charge in [-0.2, -0.15) is 0 Å². The number of nitrogens with zero attached hydrogens (tertiary/aromatic N) is 8. The van der Waals surface area contributed by atoms with Gasteiger partial charge in [0.25, 0.3) is 0 Å². The number of anilines is 2. The van der Waals surface area contributed by atoms with Gasteiger partial charge in [0, 0.05) is 69.9 Å². The van der Waals surface area contributed by atoms with Crippen molar-refractivity contribution in [1.82, 2.24) is 46.5 Å². The molecule has 0 radical (unpaired) electrons. The number of amides is 1. The van der Waals surface area contributed by atoms with Gasteiger partial charge in [-0.05, 0) is 65.6 Å². The zero-order valence-corrected chi connectivity index (χ0v) is 37.5. The summed E-state index contributed by atoms with van der Waals surface area (Å²) in [5.41, 5.74) is 14.7. The van der Waals surface area contributed by atoms with Gasteiger partial charge in [-0.3, -0.25) is 24.7 Å². The summed E-state index contributed by atoms with van der Waals surface area (Å²) < 4.78 is 5.15. The molecule has 0 aliphatic carbocycles. The number of hydrogen-bond acceptors (Lipinski definition) is 14. The third kappa shape index (κ3) is 10.5. The number of rotatable bonds is 13. The normalized spacial score (nSPS) is 10.6. The number of nitrogens with one attached hydrogen (secondary N) is 2. The lowest BCUT2D eigenvalue weighted by molar-refractivity contribution is 0.0525. The van der Waals surface area contributed by atoms with Crippen LogP contribution in [0, 0.1) is 0 Å². The van der Waals surface area contributed by atoms with E-state index in [9.17, 15) is 9.59 Å². The molecule has 7 N–H and O–H groups in total. The van der Waals surface area contributed by atoms with E-state index < -0.39 is 11.9 Å². The highest BCUT2D eigenvalue weighted by atomic mass is 16.5. The lowest BCUT2D eigenvalue weighted by Gasteiger charge is -2.15. The molecule has 6 aromatic heterocycles. The Bertz CT molecular complexity index is 3370. The number of aromatic nitrogens is 8. The number of hydrogen-bond donors (Lipinski definition) is 4. The van der Waals surface area contributed by atoms with Crippen LogP contribution in [0.3, 0.4) is 0 Å². The second kappa shape index (κ2) is 21.8. The second-order valence-electron chi connectivity index (χ2n) is 15.3. The molecule has 0 saturated carbocycles. The minimum atomic E-state index is -0.541. The van der Waals surface area contributed by atoms with Crippen LogP contribution >= 0.6 is 0 Å². The summed E-state index contributed by atoms with van der Waals surface area (Å²) in [5.74, 6) is 0.346. The van der Waals surface area contributed by atoms with E-state index in [0.29, 0.717) is 65.0 Å². The SMILES string of the molecule is CCOC(=O)c1cncc(-c2nnc(NCc3ccccn3)c3c(-c4ccccc4)cccc23)c1.N.NC(=O)c1cncc(-c2nnc(NCc3ccccn3)c3c(-c4ccccc4)cccc23)c1. The van der Waals surface area contributed by atoms with Crippen molar-refractivity contribution in [2.24, 2.45) is 5.73 Å². The third-order valence-corrected chi connectivity index (χ3v) is 10.9. The molecule has 0 fully saturated rings. The van der Waals surface area contributed by atoms with Crippen LogP contribution in [0.4, 0.5) is 11.6 Å². The lowest BCUT2D eigenvalue weighted by atomic mass is 9.96. The quantitative estimate of drug-likeness (QED) is 0.0789. The number of fused-ring (bicyclic) bond motifs is 2. The Morgan fingerprint density at radius 3 is 1.43 bits per heavy atom. The molecule has 340 valence electrons. The smallest absolute Gasteiger partial charge is 0.339 e. The molecule has 10 rings (SSSR count). The molecule has 15 nitrogen and oxygen atoms in total. The summed E-state index contributed by atoms with van der Waals surface area (Å²) >= 11 is 0. The summed E-state index contributed by atoms with van der Waals surface area (Å²) in [6.45, 7) is 3.08. The minimum absolute atomic E-state index is 0. The Morgan fingerprint density at radius 2 is 0.986 bits per heavy atom. The number of benzene rings is 4. The van der Waals surface area contributed by atoms with E-state index in [-0.39, 0.29) is 6.15 Å². The zero-order valence-electron chi connectivity index (χ0n) is 37.5. The maximum absolute atomic E-state index is 12.3. The summed E-state index contributed by atoms with van der Waals surface area (Å²) in [6.07, 6.45) is 9.81. The molecule has 0 bridgehead atoms. The highest BCUT2D eigenvalue weighted by molar-refractivity contribution is 6.10. The van der Waals surface area contributed by atoms with Crippen LogP contribution in [0.25, 0.3) is 66.3 Å². The highest BCUT2D eigenvalue weighted by Crippen LogP contribution is 2.39. The van der Waals surface area contributed by atoms with Gasteiger partial charge < -0.3 is 27.3 Å². The summed E-state index contributed by atoms with van der Waals surface area (Å²) in [6, 6.07) is 47.4. The first-order valence-electron chi connectivity index (χ1n) is 21.8. The number of esters is 1. The van der Waals surface area contributed by atoms with Crippen molar-refractivity contribution in [2.45, 2.75) is 20.0 Å². The molecule has 69 heavy (non-hydrogen) atoms. The van der Waals surface area contributed by atoms with E-state index in [1.807, 2.05) is 97.1 Å². The summed E-state index contributed by atoms with van der Waals surface area (Å²) in [4.78, 5) is 41.2. The lowest BCUT2D eigenvalue weighted by Crippen LogP contribution is -2.11. The maximum atomic E-state index is 12.3. The van der Waals surface area contributed by atoms with Gasteiger partial charge in [0.15, 0.2) is 11.6 Å². The summed E-state index contributed by atoms with van der Waals surface area (Å²) in [5, 5.41) is 28.6. The molecule has 0 aliphatic heterocycles. The first kappa shape index (κ1) is 46.2. The van der Waals surface area contributed by atoms with Crippen LogP contribution in [-0.4, -0.2) is 58.8 Å². The van der Waals surface area contributed by atoms with Crippen molar-refractivity contribution < 1.29 is 14.3 Å². The van der Waals surface area contributed by atoms with Crippen LogP contribution in [0.15, 0.2) is 183 Å². The maximum Gasteiger partial charge on any atom is 0.339 e. The molecule has 0 spiro atoms. The molecule has 0 aliphatic rings. The fraction of sp³-hybridized carbons (Fsp3) is 0.0741. The van der Waals surface area contributed by atoms with Gasteiger partial charge in [0.2, 0.25) is 5.91 Å². The second-order valence-corrected chi connectivity index (χ2v) is 15.3. The Labute approximate surface area is 397 Å². The Balaban J connectivity index is 0.000000184. The monoisotopic (exact) mass is 910 g/mol. The van der Waals surface area contributed by atoms with Crippen molar-refractivity contribution in [3.63, 3.8) is 0 Å². The van der Waals surface area contributed by atoms with E-state index in [1.54, 1.807) is 43.8 Å². The van der Waals surface area contributed by atoms with Gasteiger partial charge in [-0.15, -0.1) is 20.4 Å². The molecule has 0 unspecified atom stereocenters. The predicted molar refractivity (Wildman–Crippen MR) is 269 cm³/mol. The Morgan fingerprint density at radius 1 is 0.522 bits per heavy atom. The van der Waals surface area contributed by atoms with Crippen LogP contribution in [0.2, 0.25) is 0 Å². The molecule has 1 amide bonds. The van der Waals surface area contributed by atoms with Crippen molar-refractivity contribution in [1.29, 1.82) is 0 Å². The Kier molecular flexibility index (Phi) is 14.6. The van der Waals surface area contributed by atoms with Crippen LogP contribution in [-0.2, 0) is 17.8 Å². The molecular formula is C54H46N12O3. The first-order chi connectivity index (χ1) is 33.4. The van der Waals surface area contributed by atoms with Crippen LogP contribution < -0.4 is 22.5 Å². The summed E-state index contributed by atoms with van der Waals surface area (Å²) in [7, 11) is 0. The Hall–Kier alpha value is -9.34. The van der Waals surface area contributed by atoms with Gasteiger partial charge >= 0.3 is 5.97 Å². The fourth-order valence-corrected chi connectivity index (χ4v) is 7.76. The van der Waals surface area contributed by atoms with Crippen molar-refractivity contribution >= 4 is 45.1 Å². The highest BCUT2D eigenvalue weighted by Gasteiger charge is 2.19. The van der Waals surface area contributed by atoms with Crippen molar-refractivity contribution in [2.75, 3.05) is 17.2 Å². The molecule has 0 saturated heterocycles. The number of pyridine rings is 4. The van der Waals surface area contributed by atoms with E-state index in [4.69, 9.17) is 10.5 Å². The van der Waals surface area contributed by atoms with Crippen molar-refractivity contribution in [3.8, 4) is 44.8 Å². The standard InChI is InChI=1S/C28H23N5O2.C26H20N6O.H3N/c1-2-35-28(34)21-15-20(16-29-17-21)26-24-13-8-12-23(19-9-4-3-5-10-19)25(24)27(33-32-26)31-18-22-11-6-7-14-30-22;27-25(33)19-13-18(14-28-15-19)24-22-11-6-10-21(17-7-2-1-3-8-17)23(22)26(32-31-24)30-16-20-9-4-5-12-29-20;/h3-17H,2,18H2,1H3,(H,31,33);1-15H,16H2,(H2,27,33)(H,30,32);1H3.